The number of nitrogens with zero attached hydrogens (tertiary/aromatic N) is 1. The highest BCUT2D eigenvalue weighted by atomic mass is 35.5. The van der Waals surface area contributed by atoms with E-state index in [1.807, 2.05) is 0 Å². The molecule has 1 atom stereocenters. The summed E-state index contributed by atoms with van der Waals surface area (Å²) in [7, 11) is -1.57. The Labute approximate surface area is 93.3 Å². The van der Waals surface area contributed by atoms with Gasteiger partial charge in [0.25, 0.3) is 0 Å². The number of hydrogen-bond donors (Lipinski definition) is 0. The minimum atomic E-state index is -1.57. The summed E-state index contributed by atoms with van der Waals surface area (Å²) in [5, 5.41) is 8.61. The van der Waals surface area contributed by atoms with E-state index in [2.05, 4.69) is 26.8 Å². The summed E-state index contributed by atoms with van der Waals surface area (Å²) in [5.74, 6) is 0.433. The fourth-order valence-corrected chi connectivity index (χ4v) is 4.73. The second-order valence-electron chi connectivity index (χ2n) is 3.50. The van der Waals surface area contributed by atoms with Crippen molar-refractivity contribution in [3.63, 3.8) is 0 Å². The molecule has 0 bridgehead atoms. The highest BCUT2D eigenvalue weighted by Gasteiger charge is 2.31. The van der Waals surface area contributed by atoms with Crippen LogP contribution < -0.4 is 0 Å². The van der Waals surface area contributed by atoms with Crippen molar-refractivity contribution < 1.29 is 4.43 Å². The van der Waals surface area contributed by atoms with Gasteiger partial charge in [0.15, 0.2) is 8.32 Å². The smallest absolute Gasteiger partial charge is 0.192 e. The molecule has 14 heavy (non-hydrogen) atoms. The largest absolute Gasteiger partial charge is 0.412 e. The molecule has 0 unspecified atom stereocenters. The predicted molar refractivity (Wildman–Crippen MR) is 63.0 cm³/mol. The van der Waals surface area contributed by atoms with Gasteiger partial charge in [-0.05, 0) is 18.1 Å². The van der Waals surface area contributed by atoms with Gasteiger partial charge >= 0.3 is 0 Å². The number of rotatable bonds is 7. The Kier molecular flexibility index (Phi) is 7.25. The molecule has 2 nitrogen and oxygen atoms in total. The van der Waals surface area contributed by atoms with E-state index >= 15 is 0 Å². The Balaban J connectivity index is 4.33. The molecule has 0 spiro atoms. The van der Waals surface area contributed by atoms with E-state index in [9.17, 15) is 0 Å². The van der Waals surface area contributed by atoms with E-state index < -0.39 is 8.32 Å². The summed E-state index contributed by atoms with van der Waals surface area (Å²) >= 11 is 5.77. The molecule has 0 aromatic heterocycles. The topological polar surface area (TPSA) is 33.0 Å². The summed E-state index contributed by atoms with van der Waals surface area (Å²) in [6, 6.07) is 5.46. The molecule has 0 aliphatic heterocycles. The molecule has 0 aliphatic rings. The van der Waals surface area contributed by atoms with Crippen LogP contribution in [-0.4, -0.2) is 20.3 Å². The highest BCUT2D eigenvalue weighted by molar-refractivity contribution is 6.73. The monoisotopic (exact) mass is 233 g/mol. The second kappa shape index (κ2) is 7.28. The number of hydrogen-bond acceptors (Lipinski definition) is 2. The number of nitriles is 1. The van der Waals surface area contributed by atoms with E-state index in [0.717, 1.165) is 18.1 Å². The third-order valence-electron chi connectivity index (χ3n) is 2.84. The van der Waals surface area contributed by atoms with Crippen LogP contribution in [0, 0.1) is 11.3 Å². The zero-order chi connectivity index (χ0) is 11.0. The van der Waals surface area contributed by atoms with E-state index in [4.69, 9.17) is 21.3 Å². The lowest BCUT2D eigenvalue weighted by atomic mass is 10.3. The van der Waals surface area contributed by atoms with Crippen LogP contribution in [0.4, 0.5) is 0 Å². The molecule has 0 saturated carbocycles. The Morgan fingerprint density at radius 3 is 2.07 bits per heavy atom. The average molecular weight is 234 g/mol. The molecule has 0 heterocycles. The van der Waals surface area contributed by atoms with Crippen molar-refractivity contribution in [2.45, 2.75) is 51.4 Å². The molecule has 0 N–H and O–H groups in total. The van der Waals surface area contributed by atoms with Gasteiger partial charge in [-0.25, -0.2) is 0 Å². The van der Waals surface area contributed by atoms with Gasteiger partial charge in [0.2, 0.25) is 0 Å². The summed E-state index contributed by atoms with van der Waals surface area (Å²) in [6.07, 6.45) is 0.353. The zero-order valence-corrected chi connectivity index (χ0v) is 11.1. The van der Waals surface area contributed by atoms with Crippen LogP contribution in [0.2, 0.25) is 18.1 Å². The van der Waals surface area contributed by atoms with Crippen molar-refractivity contribution in [3.8, 4) is 6.07 Å². The molecule has 0 amide bonds. The van der Waals surface area contributed by atoms with Gasteiger partial charge in [0, 0.05) is 5.88 Å². The third-order valence-corrected chi connectivity index (χ3v) is 7.88. The lowest BCUT2D eigenvalue weighted by Crippen LogP contribution is -2.40. The number of halogens is 1. The van der Waals surface area contributed by atoms with Gasteiger partial charge in [-0.15, -0.1) is 11.6 Å². The molecule has 0 fully saturated rings. The van der Waals surface area contributed by atoms with E-state index in [0.29, 0.717) is 12.3 Å². The van der Waals surface area contributed by atoms with Gasteiger partial charge in [0.1, 0.15) is 0 Å². The Morgan fingerprint density at radius 1 is 1.29 bits per heavy atom. The van der Waals surface area contributed by atoms with E-state index in [1.54, 1.807) is 0 Å². The lowest BCUT2D eigenvalue weighted by Gasteiger charge is -2.31. The van der Waals surface area contributed by atoms with Crippen molar-refractivity contribution >= 4 is 19.9 Å². The van der Waals surface area contributed by atoms with Gasteiger partial charge in [-0.2, -0.15) is 5.26 Å². The van der Waals surface area contributed by atoms with Gasteiger partial charge in [0.05, 0.1) is 18.6 Å². The highest BCUT2D eigenvalue weighted by Crippen LogP contribution is 2.24. The summed E-state index contributed by atoms with van der Waals surface area (Å²) in [4.78, 5) is 0. The Hall–Kier alpha value is -0.0431. The number of alkyl halides is 1. The second-order valence-corrected chi connectivity index (χ2v) is 8.53. The molecule has 4 heteroatoms. The standard InChI is InChI=1S/C10H20ClNOSi/c1-4-14(5-2,6-3)13-10(9-11)7-8-12/h10H,4-7,9H2,1-3H3/t10-/m1/s1. The van der Waals surface area contributed by atoms with E-state index in [-0.39, 0.29) is 6.10 Å². The first-order valence-corrected chi connectivity index (χ1v) is 8.35. The Morgan fingerprint density at radius 2 is 1.79 bits per heavy atom. The van der Waals surface area contributed by atoms with Gasteiger partial charge in [-0.3, -0.25) is 0 Å². The quantitative estimate of drug-likeness (QED) is 0.498. The summed E-state index contributed by atoms with van der Waals surface area (Å²) < 4.78 is 6.06. The van der Waals surface area contributed by atoms with Crippen molar-refractivity contribution in [3.05, 3.63) is 0 Å². The molecule has 0 saturated heterocycles. The molecular weight excluding hydrogens is 214 g/mol. The third kappa shape index (κ3) is 3.99. The van der Waals surface area contributed by atoms with E-state index in [1.165, 1.54) is 0 Å². The van der Waals surface area contributed by atoms with Gasteiger partial charge < -0.3 is 4.43 Å². The van der Waals surface area contributed by atoms with Crippen molar-refractivity contribution in [1.29, 1.82) is 5.26 Å². The fraction of sp³-hybridized carbons (Fsp3) is 0.900. The van der Waals surface area contributed by atoms with Crippen LogP contribution in [0.1, 0.15) is 27.2 Å². The molecule has 0 aliphatic carbocycles. The average Bonchev–Trinajstić information content (AvgIpc) is 2.25. The maximum absolute atomic E-state index is 8.61. The van der Waals surface area contributed by atoms with Gasteiger partial charge in [-0.1, -0.05) is 20.8 Å². The summed E-state index contributed by atoms with van der Waals surface area (Å²) in [6.45, 7) is 6.53. The van der Waals surface area contributed by atoms with Crippen molar-refractivity contribution in [1.82, 2.24) is 0 Å². The normalized spacial score (nSPS) is 13.6. The predicted octanol–water partition coefficient (Wildman–Crippen LogP) is 3.53. The maximum Gasteiger partial charge on any atom is 0.192 e. The lowest BCUT2D eigenvalue weighted by molar-refractivity contribution is 0.214. The van der Waals surface area contributed by atoms with Crippen LogP contribution in [0.3, 0.4) is 0 Å². The minimum Gasteiger partial charge on any atom is -0.412 e. The zero-order valence-electron chi connectivity index (χ0n) is 9.35. The van der Waals surface area contributed by atoms with Crippen molar-refractivity contribution in [2.75, 3.05) is 5.88 Å². The van der Waals surface area contributed by atoms with Crippen LogP contribution in [0.5, 0.6) is 0 Å². The SMILES string of the molecule is CC[Si](CC)(CC)O[C@@H](CCl)CC#N. The first-order valence-electron chi connectivity index (χ1n) is 5.28. The molecule has 0 rings (SSSR count). The molecule has 0 radical (unpaired) electrons. The molecular formula is C10H20ClNOSi. The van der Waals surface area contributed by atoms with Crippen LogP contribution in [0.15, 0.2) is 0 Å². The van der Waals surface area contributed by atoms with Crippen LogP contribution in [0.25, 0.3) is 0 Å². The minimum absolute atomic E-state index is 0.0619. The summed E-state index contributed by atoms with van der Waals surface area (Å²) in [5.41, 5.74) is 0. The van der Waals surface area contributed by atoms with Crippen LogP contribution >= 0.6 is 11.6 Å². The van der Waals surface area contributed by atoms with Crippen LogP contribution in [-0.2, 0) is 4.43 Å². The Bertz CT molecular complexity index is 181. The molecule has 82 valence electrons. The molecule has 0 aromatic carbocycles. The fourth-order valence-electron chi connectivity index (χ4n) is 1.58. The molecule has 0 aromatic rings. The first kappa shape index (κ1) is 14.0. The first-order chi connectivity index (χ1) is 6.67. The van der Waals surface area contributed by atoms with Crippen molar-refractivity contribution in [2.24, 2.45) is 0 Å². The maximum atomic E-state index is 8.61.